The Balaban J connectivity index is 1.85. The van der Waals surface area contributed by atoms with E-state index in [4.69, 9.17) is 11.5 Å². The van der Waals surface area contributed by atoms with Crippen LogP contribution in [0.4, 0.5) is 17.5 Å². The van der Waals surface area contributed by atoms with Gasteiger partial charge in [0.15, 0.2) is 0 Å². The van der Waals surface area contributed by atoms with Crippen LogP contribution >= 0.6 is 0 Å². The first-order valence-electron chi connectivity index (χ1n) is 7.91. The molecular formula is C17H20N6O. The predicted octanol–water partition coefficient (Wildman–Crippen LogP) is 1.39. The van der Waals surface area contributed by atoms with Gasteiger partial charge in [0, 0.05) is 30.9 Å². The van der Waals surface area contributed by atoms with Gasteiger partial charge in [-0.25, -0.2) is 4.98 Å². The first-order chi connectivity index (χ1) is 11.6. The average molecular weight is 324 g/mol. The van der Waals surface area contributed by atoms with Crippen molar-refractivity contribution < 1.29 is 5.11 Å². The van der Waals surface area contributed by atoms with Crippen LogP contribution in [0.3, 0.4) is 0 Å². The molecule has 0 saturated carbocycles. The number of aliphatic hydroxyl groups is 1. The van der Waals surface area contributed by atoms with Crippen LogP contribution in [0.5, 0.6) is 0 Å². The Kier molecular flexibility index (Phi) is 4.49. The summed E-state index contributed by atoms with van der Waals surface area (Å²) in [4.78, 5) is 10.3. The van der Waals surface area contributed by atoms with Crippen molar-refractivity contribution in [2.75, 3.05) is 36.1 Å². The summed E-state index contributed by atoms with van der Waals surface area (Å²) in [5.41, 5.74) is 14.0. The first-order valence-corrected chi connectivity index (χ1v) is 7.91. The maximum Gasteiger partial charge on any atom is 0.222 e. The highest BCUT2D eigenvalue weighted by atomic mass is 16.3. The third kappa shape index (κ3) is 3.09. The van der Waals surface area contributed by atoms with E-state index in [9.17, 15) is 10.4 Å². The van der Waals surface area contributed by atoms with Crippen LogP contribution in [0.1, 0.15) is 18.4 Å². The van der Waals surface area contributed by atoms with Crippen molar-refractivity contribution in [1.82, 2.24) is 9.97 Å². The molecule has 0 spiro atoms. The zero-order chi connectivity index (χ0) is 17.1. The van der Waals surface area contributed by atoms with Crippen molar-refractivity contribution in [3.8, 4) is 17.3 Å². The van der Waals surface area contributed by atoms with E-state index in [0.717, 1.165) is 37.2 Å². The molecule has 7 heteroatoms. The van der Waals surface area contributed by atoms with E-state index in [2.05, 4.69) is 14.9 Å². The van der Waals surface area contributed by atoms with Gasteiger partial charge in [0.2, 0.25) is 5.95 Å². The van der Waals surface area contributed by atoms with Crippen LogP contribution in [-0.4, -0.2) is 34.8 Å². The molecule has 2 aromatic rings. The molecule has 1 saturated heterocycles. The monoisotopic (exact) mass is 324 g/mol. The van der Waals surface area contributed by atoms with Gasteiger partial charge in [0.1, 0.15) is 17.5 Å². The second-order valence-corrected chi connectivity index (χ2v) is 5.96. The Bertz CT molecular complexity index is 760. The summed E-state index contributed by atoms with van der Waals surface area (Å²) in [6.07, 6.45) is 1.99. The van der Waals surface area contributed by atoms with Gasteiger partial charge in [0.05, 0.1) is 5.69 Å². The summed E-state index contributed by atoms with van der Waals surface area (Å²) in [6.45, 7) is 2.13. The smallest absolute Gasteiger partial charge is 0.222 e. The molecule has 1 aliphatic rings. The molecule has 0 aliphatic carbocycles. The predicted molar refractivity (Wildman–Crippen MR) is 93.0 cm³/mol. The van der Waals surface area contributed by atoms with E-state index in [1.54, 1.807) is 0 Å². The van der Waals surface area contributed by atoms with Crippen LogP contribution in [0, 0.1) is 17.2 Å². The van der Waals surface area contributed by atoms with Crippen LogP contribution < -0.4 is 16.4 Å². The molecule has 1 fully saturated rings. The zero-order valence-corrected chi connectivity index (χ0v) is 13.3. The van der Waals surface area contributed by atoms with Gasteiger partial charge in [-0.2, -0.15) is 10.2 Å². The highest BCUT2D eigenvalue weighted by Gasteiger charge is 2.19. The van der Waals surface area contributed by atoms with E-state index in [0.29, 0.717) is 11.6 Å². The molecular weight excluding hydrogens is 304 g/mol. The van der Waals surface area contributed by atoms with Crippen LogP contribution in [0.25, 0.3) is 11.3 Å². The molecule has 5 N–H and O–H groups in total. The normalized spacial score (nSPS) is 15.2. The summed E-state index contributed by atoms with van der Waals surface area (Å²) in [6, 6.07) is 9.87. The van der Waals surface area contributed by atoms with Gasteiger partial charge in [-0.3, -0.25) is 0 Å². The Morgan fingerprint density at radius 2 is 1.83 bits per heavy atom. The molecule has 1 aromatic carbocycles. The highest BCUT2D eigenvalue weighted by molar-refractivity contribution is 5.74. The molecule has 124 valence electrons. The summed E-state index contributed by atoms with van der Waals surface area (Å²) in [5.74, 6) is 0.553. The van der Waals surface area contributed by atoms with Gasteiger partial charge in [0.25, 0.3) is 0 Å². The largest absolute Gasteiger partial charge is 0.396 e. The summed E-state index contributed by atoms with van der Waals surface area (Å²) >= 11 is 0. The van der Waals surface area contributed by atoms with Gasteiger partial charge in [-0.15, -0.1) is 0 Å². The molecule has 7 nitrogen and oxygen atoms in total. The van der Waals surface area contributed by atoms with E-state index in [-0.39, 0.29) is 23.9 Å². The lowest BCUT2D eigenvalue weighted by Gasteiger charge is -2.32. The minimum absolute atomic E-state index is 0.0525. The van der Waals surface area contributed by atoms with Crippen molar-refractivity contribution in [3.05, 3.63) is 29.8 Å². The van der Waals surface area contributed by atoms with Crippen molar-refractivity contribution in [1.29, 1.82) is 5.26 Å². The number of nitrogens with zero attached hydrogens (tertiary/aromatic N) is 4. The Labute approximate surface area is 140 Å². The molecule has 0 unspecified atom stereocenters. The number of rotatable bonds is 3. The fourth-order valence-corrected chi connectivity index (χ4v) is 3.02. The fraction of sp³-hybridized carbons (Fsp3) is 0.353. The number of aromatic nitrogens is 2. The van der Waals surface area contributed by atoms with Gasteiger partial charge in [-0.05, 0) is 30.9 Å². The molecule has 0 radical (unpaired) electrons. The van der Waals surface area contributed by atoms with Crippen LogP contribution in [0.15, 0.2) is 24.3 Å². The van der Waals surface area contributed by atoms with Gasteiger partial charge in [-0.1, -0.05) is 12.1 Å². The molecule has 1 aliphatic heterocycles. The van der Waals surface area contributed by atoms with Crippen molar-refractivity contribution >= 4 is 17.5 Å². The number of benzene rings is 1. The minimum Gasteiger partial charge on any atom is -0.396 e. The third-order valence-electron chi connectivity index (χ3n) is 4.44. The average Bonchev–Trinajstić information content (AvgIpc) is 2.61. The third-order valence-corrected chi connectivity index (χ3v) is 4.44. The van der Waals surface area contributed by atoms with E-state index >= 15 is 0 Å². The molecule has 0 atom stereocenters. The molecule has 2 heterocycles. The van der Waals surface area contributed by atoms with Crippen molar-refractivity contribution in [2.45, 2.75) is 12.8 Å². The van der Waals surface area contributed by atoms with E-state index < -0.39 is 0 Å². The minimum atomic E-state index is 0.0525. The lowest BCUT2D eigenvalue weighted by molar-refractivity contribution is 0.203. The molecule has 24 heavy (non-hydrogen) atoms. The SMILES string of the molecule is N#Cc1c(N)nc(N)nc1-c1ccc(N2CCC(CO)CC2)cc1. The number of piperidine rings is 1. The zero-order valence-electron chi connectivity index (χ0n) is 13.3. The molecule has 0 bridgehead atoms. The van der Waals surface area contributed by atoms with Gasteiger partial charge < -0.3 is 21.5 Å². The van der Waals surface area contributed by atoms with Crippen molar-refractivity contribution in [2.24, 2.45) is 5.92 Å². The summed E-state index contributed by atoms with van der Waals surface area (Å²) < 4.78 is 0. The maximum absolute atomic E-state index is 9.28. The number of hydrogen-bond donors (Lipinski definition) is 3. The lowest BCUT2D eigenvalue weighted by atomic mass is 9.97. The fourth-order valence-electron chi connectivity index (χ4n) is 3.02. The van der Waals surface area contributed by atoms with E-state index in [1.165, 1.54) is 0 Å². The Morgan fingerprint density at radius 3 is 2.42 bits per heavy atom. The Hall–Kier alpha value is -2.85. The van der Waals surface area contributed by atoms with E-state index in [1.807, 2.05) is 30.3 Å². The van der Waals surface area contributed by atoms with Crippen LogP contribution in [-0.2, 0) is 0 Å². The number of aliphatic hydroxyl groups excluding tert-OH is 1. The number of nitrogen functional groups attached to an aromatic ring is 2. The van der Waals surface area contributed by atoms with Crippen LogP contribution in [0.2, 0.25) is 0 Å². The lowest BCUT2D eigenvalue weighted by Crippen LogP contribution is -2.34. The number of nitriles is 1. The van der Waals surface area contributed by atoms with Crippen molar-refractivity contribution in [3.63, 3.8) is 0 Å². The Morgan fingerprint density at radius 1 is 1.17 bits per heavy atom. The highest BCUT2D eigenvalue weighted by Crippen LogP contribution is 2.29. The quantitative estimate of drug-likeness (QED) is 0.779. The first kappa shape index (κ1) is 16.0. The number of hydrogen-bond acceptors (Lipinski definition) is 7. The summed E-state index contributed by atoms with van der Waals surface area (Å²) in [5, 5.41) is 18.5. The summed E-state index contributed by atoms with van der Waals surface area (Å²) in [7, 11) is 0. The molecule has 1 aromatic heterocycles. The topological polar surface area (TPSA) is 125 Å². The standard InChI is InChI=1S/C17H20N6O/c18-9-14-15(21-17(20)22-16(14)19)12-1-3-13(4-2-12)23-7-5-11(10-24)6-8-23/h1-4,11,24H,5-8,10H2,(H4,19,20,21,22). The maximum atomic E-state index is 9.28. The number of nitrogens with two attached hydrogens (primary N) is 2. The van der Waals surface area contributed by atoms with Gasteiger partial charge >= 0.3 is 0 Å². The molecule has 0 amide bonds. The second-order valence-electron chi connectivity index (χ2n) is 5.96. The molecule has 3 rings (SSSR count). The number of anilines is 3. The second kappa shape index (κ2) is 6.72.